The number of piperidine rings is 1. The molecule has 0 aromatic heterocycles. The van der Waals surface area contributed by atoms with Gasteiger partial charge in [-0.25, -0.2) is 4.39 Å². The SMILES string of the molecule is CCOC(=O)C1CNCC(c2cccc(F)c2)C1=O. The third-order valence-corrected chi connectivity index (χ3v) is 3.21. The highest BCUT2D eigenvalue weighted by Crippen LogP contribution is 2.24. The van der Waals surface area contributed by atoms with Gasteiger partial charge in [0.15, 0.2) is 5.78 Å². The van der Waals surface area contributed by atoms with Crippen molar-refractivity contribution in [2.24, 2.45) is 5.92 Å². The minimum Gasteiger partial charge on any atom is -0.465 e. The van der Waals surface area contributed by atoms with Crippen LogP contribution in [0.1, 0.15) is 18.4 Å². The van der Waals surface area contributed by atoms with Gasteiger partial charge in [0.2, 0.25) is 0 Å². The van der Waals surface area contributed by atoms with Gasteiger partial charge in [-0.3, -0.25) is 9.59 Å². The molecule has 5 heteroatoms. The molecular formula is C14H16FNO3. The first-order valence-electron chi connectivity index (χ1n) is 6.30. The van der Waals surface area contributed by atoms with Gasteiger partial charge >= 0.3 is 5.97 Å². The number of carbonyl (C=O) groups is 2. The zero-order valence-corrected chi connectivity index (χ0v) is 10.7. The van der Waals surface area contributed by atoms with E-state index in [1.807, 2.05) is 0 Å². The van der Waals surface area contributed by atoms with E-state index in [1.165, 1.54) is 12.1 Å². The second-order valence-corrected chi connectivity index (χ2v) is 4.47. The molecule has 0 spiro atoms. The number of benzene rings is 1. The summed E-state index contributed by atoms with van der Waals surface area (Å²) in [6.45, 7) is 2.64. The fraction of sp³-hybridized carbons (Fsp3) is 0.429. The molecule has 0 aliphatic carbocycles. The second kappa shape index (κ2) is 5.93. The molecule has 4 nitrogen and oxygen atoms in total. The van der Waals surface area contributed by atoms with Crippen molar-refractivity contribution >= 4 is 11.8 Å². The van der Waals surface area contributed by atoms with Gasteiger partial charge in [0.1, 0.15) is 11.7 Å². The van der Waals surface area contributed by atoms with Crippen molar-refractivity contribution in [1.82, 2.24) is 5.32 Å². The maximum Gasteiger partial charge on any atom is 0.317 e. The largest absolute Gasteiger partial charge is 0.465 e. The molecule has 19 heavy (non-hydrogen) atoms. The Morgan fingerprint density at radius 1 is 1.47 bits per heavy atom. The van der Waals surface area contributed by atoms with Gasteiger partial charge in [0, 0.05) is 13.1 Å². The zero-order chi connectivity index (χ0) is 13.8. The lowest BCUT2D eigenvalue weighted by Gasteiger charge is -2.27. The molecule has 1 heterocycles. The molecule has 2 atom stereocenters. The predicted molar refractivity (Wildman–Crippen MR) is 67.1 cm³/mol. The number of esters is 1. The van der Waals surface area contributed by atoms with Crippen LogP contribution in [0.5, 0.6) is 0 Å². The van der Waals surface area contributed by atoms with E-state index in [0.29, 0.717) is 12.1 Å². The van der Waals surface area contributed by atoms with Crippen molar-refractivity contribution in [1.29, 1.82) is 0 Å². The standard InChI is InChI=1S/C14H16FNO3/c1-2-19-14(18)12-8-16-7-11(13(12)17)9-4-3-5-10(15)6-9/h3-6,11-12,16H,2,7-8H2,1H3. The molecule has 2 unspecified atom stereocenters. The molecule has 2 rings (SSSR count). The van der Waals surface area contributed by atoms with Crippen LogP contribution in [0.4, 0.5) is 4.39 Å². The van der Waals surface area contributed by atoms with Crippen molar-refractivity contribution in [3.8, 4) is 0 Å². The van der Waals surface area contributed by atoms with E-state index in [4.69, 9.17) is 4.74 Å². The Morgan fingerprint density at radius 2 is 2.26 bits per heavy atom. The summed E-state index contributed by atoms with van der Waals surface area (Å²) in [5.74, 6) is -2.41. The molecule has 1 aromatic rings. The maximum atomic E-state index is 13.2. The maximum absolute atomic E-state index is 13.2. The van der Waals surface area contributed by atoms with Crippen molar-refractivity contribution in [2.75, 3.05) is 19.7 Å². The third kappa shape index (κ3) is 2.98. The molecule has 102 valence electrons. The average Bonchev–Trinajstić information content (AvgIpc) is 2.39. The van der Waals surface area contributed by atoms with Crippen LogP contribution in [0.25, 0.3) is 0 Å². The quantitative estimate of drug-likeness (QED) is 0.660. The summed E-state index contributed by atoms with van der Waals surface area (Å²) in [5, 5.41) is 3.03. The molecule has 1 fully saturated rings. The fourth-order valence-corrected chi connectivity index (χ4v) is 2.26. The molecule has 1 aliphatic heterocycles. The first-order chi connectivity index (χ1) is 9.13. The van der Waals surface area contributed by atoms with Gasteiger partial charge in [0.05, 0.1) is 12.5 Å². The first kappa shape index (κ1) is 13.7. The molecule has 1 aromatic carbocycles. The van der Waals surface area contributed by atoms with E-state index in [-0.39, 0.29) is 24.8 Å². The van der Waals surface area contributed by atoms with Crippen molar-refractivity contribution in [2.45, 2.75) is 12.8 Å². The summed E-state index contributed by atoms with van der Waals surface area (Å²) in [4.78, 5) is 24.0. The van der Waals surface area contributed by atoms with Crippen molar-refractivity contribution in [3.05, 3.63) is 35.6 Å². The normalized spacial score (nSPS) is 23.2. The number of Topliss-reactive ketones (excluding diaryl/α,β-unsaturated/α-hetero) is 1. The number of hydrogen-bond acceptors (Lipinski definition) is 4. The molecule has 1 aliphatic rings. The highest BCUT2D eigenvalue weighted by atomic mass is 19.1. The second-order valence-electron chi connectivity index (χ2n) is 4.47. The highest BCUT2D eigenvalue weighted by Gasteiger charge is 2.37. The van der Waals surface area contributed by atoms with Crippen LogP contribution in [0.15, 0.2) is 24.3 Å². The lowest BCUT2D eigenvalue weighted by molar-refractivity contribution is -0.152. The number of carbonyl (C=O) groups excluding carboxylic acids is 2. The Kier molecular flexibility index (Phi) is 4.27. The number of ether oxygens (including phenoxy) is 1. The monoisotopic (exact) mass is 265 g/mol. The highest BCUT2D eigenvalue weighted by molar-refractivity contribution is 6.03. The third-order valence-electron chi connectivity index (χ3n) is 3.21. The van der Waals surface area contributed by atoms with E-state index in [9.17, 15) is 14.0 Å². The van der Waals surface area contributed by atoms with E-state index in [2.05, 4.69) is 5.32 Å². The molecule has 0 amide bonds. The van der Waals surface area contributed by atoms with Crippen molar-refractivity contribution < 1.29 is 18.7 Å². The Balaban J connectivity index is 2.18. The number of halogens is 1. The van der Waals surface area contributed by atoms with Gasteiger partial charge in [0.25, 0.3) is 0 Å². The Bertz CT molecular complexity index is 489. The van der Waals surface area contributed by atoms with Crippen LogP contribution in [-0.4, -0.2) is 31.4 Å². The fourth-order valence-electron chi connectivity index (χ4n) is 2.26. The van der Waals surface area contributed by atoms with Gasteiger partial charge in [-0.1, -0.05) is 12.1 Å². The summed E-state index contributed by atoms with van der Waals surface area (Å²) in [6, 6.07) is 5.91. The minimum atomic E-state index is -0.804. The van der Waals surface area contributed by atoms with Crippen LogP contribution in [0.3, 0.4) is 0 Å². The molecule has 0 bridgehead atoms. The summed E-state index contributed by atoms with van der Waals surface area (Å²) < 4.78 is 18.1. The van der Waals surface area contributed by atoms with Gasteiger partial charge in [-0.05, 0) is 24.6 Å². The van der Waals surface area contributed by atoms with Gasteiger partial charge < -0.3 is 10.1 Å². The number of hydrogen-bond donors (Lipinski definition) is 1. The van der Waals surface area contributed by atoms with Gasteiger partial charge in [-0.2, -0.15) is 0 Å². The average molecular weight is 265 g/mol. The van der Waals surface area contributed by atoms with E-state index in [1.54, 1.807) is 19.1 Å². The number of ketones is 1. The summed E-state index contributed by atoms with van der Waals surface area (Å²) in [5.41, 5.74) is 0.589. The summed E-state index contributed by atoms with van der Waals surface area (Å²) in [6.07, 6.45) is 0. The van der Waals surface area contributed by atoms with E-state index >= 15 is 0 Å². The molecule has 0 saturated carbocycles. The van der Waals surface area contributed by atoms with E-state index < -0.39 is 17.8 Å². The smallest absolute Gasteiger partial charge is 0.317 e. The minimum absolute atomic E-state index is 0.206. The number of nitrogens with one attached hydrogen (secondary N) is 1. The molecule has 1 N–H and O–H groups in total. The Hall–Kier alpha value is -1.75. The van der Waals surface area contributed by atoms with Crippen LogP contribution in [-0.2, 0) is 14.3 Å². The van der Waals surface area contributed by atoms with Crippen LogP contribution < -0.4 is 5.32 Å². The molecule has 1 saturated heterocycles. The Labute approximate surface area is 110 Å². The zero-order valence-electron chi connectivity index (χ0n) is 10.7. The molecule has 0 radical (unpaired) electrons. The summed E-state index contributed by atoms with van der Waals surface area (Å²) in [7, 11) is 0. The van der Waals surface area contributed by atoms with E-state index in [0.717, 1.165) is 0 Å². The number of rotatable bonds is 3. The molecular weight excluding hydrogens is 249 g/mol. The predicted octanol–water partition coefficient (Wildman–Crippen LogP) is 1.26. The first-order valence-corrected chi connectivity index (χ1v) is 6.30. The van der Waals surface area contributed by atoms with Crippen LogP contribution in [0, 0.1) is 11.7 Å². The lowest BCUT2D eigenvalue weighted by Crippen LogP contribution is -2.46. The topological polar surface area (TPSA) is 55.4 Å². The van der Waals surface area contributed by atoms with Crippen LogP contribution in [0.2, 0.25) is 0 Å². The Morgan fingerprint density at radius 3 is 2.95 bits per heavy atom. The summed E-state index contributed by atoms with van der Waals surface area (Å²) >= 11 is 0. The van der Waals surface area contributed by atoms with Crippen LogP contribution >= 0.6 is 0 Å². The van der Waals surface area contributed by atoms with Gasteiger partial charge in [-0.15, -0.1) is 0 Å². The van der Waals surface area contributed by atoms with Crippen molar-refractivity contribution in [3.63, 3.8) is 0 Å². The lowest BCUT2D eigenvalue weighted by atomic mass is 9.84.